The fraction of sp³-hybridized carbons (Fsp3) is 0.923. The lowest BCUT2D eigenvalue weighted by Gasteiger charge is -2.40. The van der Waals surface area contributed by atoms with Gasteiger partial charge >= 0.3 is 5.97 Å². The molecule has 0 bridgehead atoms. The van der Waals surface area contributed by atoms with Gasteiger partial charge in [0.25, 0.3) is 0 Å². The zero-order valence-corrected chi connectivity index (χ0v) is 10.7. The van der Waals surface area contributed by atoms with Gasteiger partial charge in [0.05, 0.1) is 7.11 Å². The monoisotopic (exact) mass is 225 g/mol. The van der Waals surface area contributed by atoms with Crippen LogP contribution in [-0.4, -0.2) is 37.1 Å². The predicted octanol–water partition coefficient (Wildman–Crippen LogP) is 2.06. The smallest absolute Gasteiger partial charge is 0.323 e. The molecule has 0 spiro atoms. The Labute approximate surface area is 98.1 Å². The van der Waals surface area contributed by atoms with Crippen LogP contribution in [0.1, 0.15) is 39.5 Å². The van der Waals surface area contributed by atoms with Gasteiger partial charge in [-0.1, -0.05) is 13.8 Å². The fourth-order valence-corrected chi connectivity index (χ4v) is 2.58. The number of methoxy groups -OCH3 is 1. The van der Waals surface area contributed by atoms with Gasteiger partial charge in [0.15, 0.2) is 0 Å². The third-order valence-corrected chi connectivity index (χ3v) is 4.06. The molecular weight excluding hydrogens is 202 g/mol. The number of piperidine rings is 1. The van der Waals surface area contributed by atoms with Crippen LogP contribution in [0.15, 0.2) is 0 Å². The quantitative estimate of drug-likeness (QED) is 0.689. The first-order valence-corrected chi connectivity index (χ1v) is 6.35. The molecule has 2 rings (SSSR count). The van der Waals surface area contributed by atoms with E-state index in [1.54, 1.807) is 0 Å². The Morgan fingerprint density at radius 3 is 2.31 bits per heavy atom. The van der Waals surface area contributed by atoms with Crippen LogP contribution < -0.4 is 0 Å². The molecule has 16 heavy (non-hydrogen) atoms. The summed E-state index contributed by atoms with van der Waals surface area (Å²) < 4.78 is 4.94. The van der Waals surface area contributed by atoms with Crippen molar-refractivity contribution in [3.63, 3.8) is 0 Å². The lowest BCUT2D eigenvalue weighted by atomic mass is 9.82. The zero-order valence-electron chi connectivity index (χ0n) is 10.7. The highest BCUT2D eigenvalue weighted by molar-refractivity contribution is 5.76. The third kappa shape index (κ3) is 2.57. The Kier molecular flexibility index (Phi) is 3.24. The number of ether oxygens (including phenoxy) is 1. The van der Waals surface area contributed by atoms with Crippen molar-refractivity contribution < 1.29 is 9.53 Å². The fourth-order valence-electron chi connectivity index (χ4n) is 2.58. The Hall–Kier alpha value is -0.570. The van der Waals surface area contributed by atoms with Crippen LogP contribution in [0.5, 0.6) is 0 Å². The summed E-state index contributed by atoms with van der Waals surface area (Å²) in [6, 6.07) is 0.0427. The van der Waals surface area contributed by atoms with Gasteiger partial charge in [-0.3, -0.25) is 9.69 Å². The molecule has 0 amide bonds. The minimum Gasteiger partial charge on any atom is -0.468 e. The number of hydrogen-bond acceptors (Lipinski definition) is 3. The van der Waals surface area contributed by atoms with E-state index < -0.39 is 0 Å². The molecule has 1 aliphatic heterocycles. The van der Waals surface area contributed by atoms with Gasteiger partial charge in [-0.15, -0.1) is 0 Å². The molecule has 0 aromatic carbocycles. The molecule has 0 aromatic heterocycles. The Morgan fingerprint density at radius 1 is 1.31 bits per heavy atom. The van der Waals surface area contributed by atoms with Gasteiger partial charge < -0.3 is 4.74 Å². The van der Waals surface area contributed by atoms with Crippen molar-refractivity contribution in [1.82, 2.24) is 4.90 Å². The molecule has 1 atom stereocenters. The van der Waals surface area contributed by atoms with E-state index >= 15 is 0 Å². The number of carbonyl (C=O) groups is 1. The molecule has 1 saturated heterocycles. The lowest BCUT2D eigenvalue weighted by Crippen LogP contribution is -2.48. The summed E-state index contributed by atoms with van der Waals surface area (Å²) in [6.45, 7) is 6.72. The molecular formula is C13H23NO2. The number of likely N-dealkylation sites (tertiary alicyclic amines) is 1. The van der Waals surface area contributed by atoms with Crippen LogP contribution in [0.3, 0.4) is 0 Å². The van der Waals surface area contributed by atoms with Gasteiger partial charge in [-0.25, -0.2) is 0 Å². The van der Waals surface area contributed by atoms with Crippen molar-refractivity contribution in [2.45, 2.75) is 45.6 Å². The van der Waals surface area contributed by atoms with Crippen molar-refractivity contribution in [3.8, 4) is 0 Å². The molecule has 1 aliphatic carbocycles. The van der Waals surface area contributed by atoms with E-state index in [9.17, 15) is 4.79 Å². The third-order valence-electron chi connectivity index (χ3n) is 4.06. The maximum atomic E-state index is 11.8. The van der Waals surface area contributed by atoms with Crippen LogP contribution >= 0.6 is 0 Å². The number of esters is 1. The Bertz CT molecular complexity index is 261. The van der Waals surface area contributed by atoms with Gasteiger partial charge in [0, 0.05) is 0 Å². The van der Waals surface area contributed by atoms with Gasteiger partial charge in [-0.2, -0.15) is 0 Å². The summed E-state index contributed by atoms with van der Waals surface area (Å²) in [4.78, 5) is 14.1. The van der Waals surface area contributed by atoms with E-state index in [-0.39, 0.29) is 12.0 Å². The molecule has 3 nitrogen and oxygen atoms in total. The second-order valence-electron chi connectivity index (χ2n) is 6.01. The lowest BCUT2D eigenvalue weighted by molar-refractivity contribution is -0.149. The first-order valence-electron chi connectivity index (χ1n) is 6.35. The van der Waals surface area contributed by atoms with Crippen LogP contribution in [-0.2, 0) is 9.53 Å². The van der Waals surface area contributed by atoms with Crippen LogP contribution in [0.25, 0.3) is 0 Å². The molecule has 0 radical (unpaired) electrons. The molecule has 2 aliphatic rings. The van der Waals surface area contributed by atoms with Crippen molar-refractivity contribution >= 4 is 5.97 Å². The molecule has 92 valence electrons. The molecule has 0 aromatic rings. The average Bonchev–Trinajstić information content (AvgIpc) is 3.05. The SMILES string of the molecule is COC(=O)C(C1CC1)N1CCC(C)(C)CC1. The van der Waals surface area contributed by atoms with Gasteiger partial charge in [0.2, 0.25) is 0 Å². The Morgan fingerprint density at radius 2 is 1.88 bits per heavy atom. The molecule has 1 unspecified atom stereocenters. The molecule has 2 fully saturated rings. The van der Waals surface area contributed by atoms with Crippen LogP contribution in [0.2, 0.25) is 0 Å². The number of nitrogens with zero attached hydrogens (tertiary/aromatic N) is 1. The Balaban J connectivity index is 1.97. The maximum Gasteiger partial charge on any atom is 0.323 e. The summed E-state index contributed by atoms with van der Waals surface area (Å²) in [5.74, 6) is 0.538. The highest BCUT2D eigenvalue weighted by Crippen LogP contribution is 2.39. The van der Waals surface area contributed by atoms with E-state index in [0.29, 0.717) is 11.3 Å². The standard InChI is InChI=1S/C13H23NO2/c1-13(2)6-8-14(9-7-13)11(10-4-5-10)12(15)16-3/h10-11H,4-9H2,1-3H3. The van der Waals surface area contributed by atoms with Gasteiger partial charge in [0.1, 0.15) is 6.04 Å². The van der Waals surface area contributed by atoms with Crippen molar-refractivity contribution in [2.75, 3.05) is 20.2 Å². The van der Waals surface area contributed by atoms with E-state index in [1.165, 1.54) is 32.8 Å². The second-order valence-corrected chi connectivity index (χ2v) is 6.01. The molecule has 0 N–H and O–H groups in total. The van der Waals surface area contributed by atoms with E-state index in [1.807, 2.05) is 0 Å². The van der Waals surface area contributed by atoms with E-state index in [2.05, 4.69) is 18.7 Å². The summed E-state index contributed by atoms with van der Waals surface area (Å²) in [6.07, 6.45) is 4.76. The predicted molar refractivity (Wildman–Crippen MR) is 63.1 cm³/mol. The molecule has 1 saturated carbocycles. The first kappa shape index (κ1) is 11.9. The second kappa shape index (κ2) is 4.36. The largest absolute Gasteiger partial charge is 0.468 e. The number of rotatable bonds is 3. The van der Waals surface area contributed by atoms with E-state index in [4.69, 9.17) is 4.74 Å². The highest BCUT2D eigenvalue weighted by Gasteiger charge is 2.42. The topological polar surface area (TPSA) is 29.5 Å². The number of carbonyl (C=O) groups excluding carboxylic acids is 1. The summed E-state index contributed by atoms with van der Waals surface area (Å²) >= 11 is 0. The summed E-state index contributed by atoms with van der Waals surface area (Å²) in [5, 5.41) is 0. The molecule has 1 heterocycles. The first-order chi connectivity index (χ1) is 7.53. The van der Waals surface area contributed by atoms with E-state index in [0.717, 1.165) is 13.1 Å². The zero-order chi connectivity index (χ0) is 11.8. The minimum atomic E-state index is -0.0257. The summed E-state index contributed by atoms with van der Waals surface area (Å²) in [7, 11) is 1.51. The molecule has 3 heteroatoms. The number of hydrogen-bond donors (Lipinski definition) is 0. The maximum absolute atomic E-state index is 11.8. The van der Waals surface area contributed by atoms with Crippen molar-refractivity contribution in [3.05, 3.63) is 0 Å². The van der Waals surface area contributed by atoms with Crippen LogP contribution in [0.4, 0.5) is 0 Å². The average molecular weight is 225 g/mol. The van der Waals surface area contributed by atoms with Crippen molar-refractivity contribution in [1.29, 1.82) is 0 Å². The van der Waals surface area contributed by atoms with Gasteiger partial charge in [-0.05, 0) is 50.1 Å². The van der Waals surface area contributed by atoms with Crippen LogP contribution in [0, 0.1) is 11.3 Å². The highest BCUT2D eigenvalue weighted by atomic mass is 16.5. The minimum absolute atomic E-state index is 0.0257. The van der Waals surface area contributed by atoms with Crippen molar-refractivity contribution in [2.24, 2.45) is 11.3 Å². The normalized spacial score (nSPS) is 27.4. The summed E-state index contributed by atoms with van der Waals surface area (Å²) in [5.41, 5.74) is 0.445.